The van der Waals surface area contributed by atoms with Crippen molar-refractivity contribution < 1.29 is 19.1 Å². The fourth-order valence-electron chi connectivity index (χ4n) is 1.04. The average Bonchev–Trinajstić information content (AvgIpc) is 2.30. The zero-order valence-corrected chi connectivity index (χ0v) is 9.99. The molecule has 0 aliphatic rings. The van der Waals surface area contributed by atoms with Crippen LogP contribution in [0.15, 0.2) is 24.3 Å². The van der Waals surface area contributed by atoms with Crippen LogP contribution in [0.2, 0.25) is 5.02 Å². The average molecular weight is 258 g/mol. The number of nitrogens with one attached hydrogen (secondary N) is 1. The molecule has 1 amide bonds. The lowest BCUT2D eigenvalue weighted by molar-refractivity contribution is -0.150. The number of hydrogen-bond acceptors (Lipinski definition) is 4. The zero-order valence-electron chi connectivity index (χ0n) is 9.23. The van der Waals surface area contributed by atoms with Crippen molar-refractivity contribution in [2.75, 3.05) is 25.6 Å². The summed E-state index contributed by atoms with van der Waals surface area (Å²) in [4.78, 5) is 22.2. The monoisotopic (exact) mass is 257 g/mol. The van der Waals surface area contributed by atoms with Crippen LogP contribution in [0.4, 0.5) is 5.69 Å². The van der Waals surface area contributed by atoms with Gasteiger partial charge in [-0.3, -0.25) is 4.79 Å². The molecule has 1 aromatic rings. The van der Waals surface area contributed by atoms with Gasteiger partial charge in [0.25, 0.3) is 5.91 Å². The van der Waals surface area contributed by atoms with Gasteiger partial charge in [0, 0.05) is 17.8 Å². The van der Waals surface area contributed by atoms with E-state index in [9.17, 15) is 9.59 Å². The zero-order chi connectivity index (χ0) is 12.7. The van der Waals surface area contributed by atoms with Crippen LogP contribution in [0.5, 0.6) is 0 Å². The first-order valence-corrected chi connectivity index (χ1v) is 5.19. The van der Waals surface area contributed by atoms with Gasteiger partial charge in [-0.05, 0) is 24.3 Å². The number of ether oxygens (including phenoxy) is 2. The second kappa shape index (κ2) is 6.88. The maximum absolute atomic E-state index is 11.3. The first-order chi connectivity index (χ1) is 8.11. The van der Waals surface area contributed by atoms with Crippen LogP contribution in [0.3, 0.4) is 0 Å². The van der Waals surface area contributed by atoms with E-state index in [0.717, 1.165) is 0 Å². The Balaban J connectivity index is 2.34. The molecular weight excluding hydrogens is 246 g/mol. The molecule has 0 spiro atoms. The molecule has 1 N–H and O–H groups in total. The summed E-state index contributed by atoms with van der Waals surface area (Å²) in [5, 5.41) is 3.13. The van der Waals surface area contributed by atoms with E-state index in [1.165, 1.54) is 7.11 Å². The highest BCUT2D eigenvalue weighted by Crippen LogP contribution is 2.13. The molecule has 6 heteroatoms. The fraction of sp³-hybridized carbons (Fsp3) is 0.273. The lowest BCUT2D eigenvalue weighted by Crippen LogP contribution is -2.22. The van der Waals surface area contributed by atoms with Gasteiger partial charge in [0.1, 0.15) is 6.61 Å². The van der Waals surface area contributed by atoms with Crippen LogP contribution >= 0.6 is 11.6 Å². The number of methoxy groups -OCH3 is 1. The number of rotatable bonds is 5. The topological polar surface area (TPSA) is 64.6 Å². The van der Waals surface area contributed by atoms with E-state index < -0.39 is 11.9 Å². The molecule has 0 bridgehead atoms. The van der Waals surface area contributed by atoms with Gasteiger partial charge in [-0.1, -0.05) is 11.6 Å². The van der Waals surface area contributed by atoms with Crippen molar-refractivity contribution in [1.29, 1.82) is 0 Å². The Morgan fingerprint density at radius 3 is 2.47 bits per heavy atom. The summed E-state index contributed by atoms with van der Waals surface area (Å²) < 4.78 is 9.18. The highest BCUT2D eigenvalue weighted by Gasteiger charge is 2.07. The SMILES string of the molecule is COCC(=O)OCC(=O)Nc1ccc(Cl)cc1. The smallest absolute Gasteiger partial charge is 0.332 e. The molecule has 0 aliphatic carbocycles. The first-order valence-electron chi connectivity index (χ1n) is 4.82. The minimum absolute atomic E-state index is 0.172. The molecule has 17 heavy (non-hydrogen) atoms. The third-order valence-electron chi connectivity index (χ3n) is 1.75. The Kier molecular flexibility index (Phi) is 5.45. The molecule has 0 atom stereocenters. The predicted molar refractivity (Wildman–Crippen MR) is 62.9 cm³/mol. The molecule has 5 nitrogen and oxygen atoms in total. The van der Waals surface area contributed by atoms with Gasteiger partial charge in [-0.15, -0.1) is 0 Å². The van der Waals surface area contributed by atoms with E-state index in [1.807, 2.05) is 0 Å². The van der Waals surface area contributed by atoms with Crippen molar-refractivity contribution in [2.45, 2.75) is 0 Å². The van der Waals surface area contributed by atoms with E-state index >= 15 is 0 Å². The van der Waals surface area contributed by atoms with Crippen molar-refractivity contribution in [3.8, 4) is 0 Å². The molecule has 0 saturated carbocycles. The Bertz CT molecular complexity index is 391. The van der Waals surface area contributed by atoms with Crippen molar-refractivity contribution in [3.05, 3.63) is 29.3 Å². The molecule has 1 rings (SSSR count). The van der Waals surface area contributed by atoms with Gasteiger partial charge in [0.05, 0.1) is 0 Å². The second-order valence-electron chi connectivity index (χ2n) is 3.15. The standard InChI is InChI=1S/C11H12ClNO4/c1-16-7-11(15)17-6-10(14)13-9-4-2-8(12)3-5-9/h2-5H,6-7H2,1H3,(H,13,14). The number of halogens is 1. The first kappa shape index (κ1) is 13.5. The number of esters is 1. The Hall–Kier alpha value is -1.59. The molecule has 0 aromatic heterocycles. The molecule has 0 aliphatic heterocycles. The van der Waals surface area contributed by atoms with Gasteiger partial charge < -0.3 is 14.8 Å². The normalized spacial score (nSPS) is 9.76. The Morgan fingerprint density at radius 2 is 1.88 bits per heavy atom. The minimum atomic E-state index is -0.584. The van der Waals surface area contributed by atoms with Crippen molar-refractivity contribution in [2.24, 2.45) is 0 Å². The fourth-order valence-corrected chi connectivity index (χ4v) is 1.16. The summed E-state index contributed by atoms with van der Waals surface area (Å²) in [5.41, 5.74) is 0.585. The number of anilines is 1. The van der Waals surface area contributed by atoms with Crippen LogP contribution in [-0.2, 0) is 19.1 Å². The highest BCUT2D eigenvalue weighted by atomic mass is 35.5. The van der Waals surface area contributed by atoms with E-state index in [0.29, 0.717) is 10.7 Å². The van der Waals surface area contributed by atoms with Gasteiger partial charge in [0.15, 0.2) is 6.61 Å². The van der Waals surface area contributed by atoms with Crippen LogP contribution in [0.25, 0.3) is 0 Å². The van der Waals surface area contributed by atoms with Crippen LogP contribution < -0.4 is 5.32 Å². The van der Waals surface area contributed by atoms with E-state index in [4.69, 9.17) is 11.6 Å². The van der Waals surface area contributed by atoms with Gasteiger partial charge in [-0.2, -0.15) is 0 Å². The third-order valence-corrected chi connectivity index (χ3v) is 2.01. The number of amides is 1. The van der Waals surface area contributed by atoms with E-state index in [1.54, 1.807) is 24.3 Å². The summed E-state index contributed by atoms with van der Waals surface area (Å²) in [5.74, 6) is -1.00. The summed E-state index contributed by atoms with van der Waals surface area (Å²) in [6, 6.07) is 6.59. The van der Waals surface area contributed by atoms with Gasteiger partial charge in [-0.25, -0.2) is 4.79 Å². The largest absolute Gasteiger partial charge is 0.454 e. The quantitative estimate of drug-likeness (QED) is 0.812. The molecule has 0 heterocycles. The van der Waals surface area contributed by atoms with Gasteiger partial charge >= 0.3 is 5.97 Å². The maximum atomic E-state index is 11.3. The molecular formula is C11H12ClNO4. The molecule has 0 fully saturated rings. The Labute approximate surface area is 104 Å². The van der Waals surface area contributed by atoms with Crippen molar-refractivity contribution in [1.82, 2.24) is 0 Å². The Morgan fingerprint density at radius 1 is 1.24 bits per heavy atom. The van der Waals surface area contributed by atoms with Crippen molar-refractivity contribution in [3.63, 3.8) is 0 Å². The summed E-state index contributed by atoms with van der Waals surface area (Å²) in [6.45, 7) is -0.515. The predicted octanol–water partition coefficient (Wildman–Crippen LogP) is 1.47. The van der Waals surface area contributed by atoms with Crippen LogP contribution in [0.1, 0.15) is 0 Å². The van der Waals surface area contributed by atoms with Crippen LogP contribution in [0, 0.1) is 0 Å². The van der Waals surface area contributed by atoms with Crippen molar-refractivity contribution >= 4 is 29.2 Å². The molecule has 0 unspecified atom stereocenters. The second-order valence-corrected chi connectivity index (χ2v) is 3.59. The molecule has 0 radical (unpaired) electrons. The summed E-state index contributed by atoms with van der Waals surface area (Å²) >= 11 is 5.69. The lowest BCUT2D eigenvalue weighted by Gasteiger charge is -2.06. The van der Waals surface area contributed by atoms with Crippen LogP contribution in [-0.4, -0.2) is 32.2 Å². The molecule has 1 aromatic carbocycles. The van der Waals surface area contributed by atoms with Gasteiger partial charge in [0.2, 0.25) is 0 Å². The summed E-state index contributed by atoms with van der Waals surface area (Å²) in [6.07, 6.45) is 0. The molecule has 0 saturated heterocycles. The number of hydrogen-bond donors (Lipinski definition) is 1. The number of benzene rings is 1. The van der Waals surface area contributed by atoms with E-state index in [2.05, 4.69) is 14.8 Å². The third kappa shape index (κ3) is 5.33. The molecule has 92 valence electrons. The number of carbonyl (C=O) groups excluding carboxylic acids is 2. The highest BCUT2D eigenvalue weighted by molar-refractivity contribution is 6.30. The van der Waals surface area contributed by atoms with E-state index in [-0.39, 0.29) is 13.2 Å². The maximum Gasteiger partial charge on any atom is 0.332 e. The number of carbonyl (C=O) groups is 2. The lowest BCUT2D eigenvalue weighted by atomic mass is 10.3. The minimum Gasteiger partial charge on any atom is -0.454 e. The summed E-state index contributed by atoms with van der Waals surface area (Å²) in [7, 11) is 1.37.